The lowest BCUT2D eigenvalue weighted by molar-refractivity contribution is -0.115. The van der Waals surface area contributed by atoms with Gasteiger partial charge >= 0.3 is 0 Å². The molecule has 1 aliphatic rings. The maximum Gasteiger partial charge on any atom is 0.251 e. The highest BCUT2D eigenvalue weighted by molar-refractivity contribution is 8.00. The third-order valence-electron chi connectivity index (χ3n) is 3.91. The van der Waals surface area contributed by atoms with Crippen molar-refractivity contribution in [2.24, 2.45) is 0 Å². The molecular formula is C18H17FN2O3S. The number of fused-ring (bicyclic) bond motifs is 1. The van der Waals surface area contributed by atoms with E-state index in [1.54, 1.807) is 24.3 Å². The smallest absolute Gasteiger partial charge is 0.251 e. The van der Waals surface area contributed by atoms with E-state index in [4.69, 9.17) is 5.11 Å². The number of halogens is 1. The lowest BCUT2D eigenvalue weighted by atomic mass is 10.1. The second-order valence-electron chi connectivity index (χ2n) is 5.73. The number of aliphatic hydroxyl groups is 1. The highest BCUT2D eigenvalue weighted by atomic mass is 32.2. The Kier molecular flexibility index (Phi) is 5.06. The zero-order chi connectivity index (χ0) is 18.0. The number of hydrogen-bond acceptors (Lipinski definition) is 4. The number of carbonyl (C=O) groups excluding carboxylic acids is 2. The van der Waals surface area contributed by atoms with Crippen molar-refractivity contribution in [3.05, 3.63) is 58.9 Å². The van der Waals surface area contributed by atoms with E-state index in [-0.39, 0.29) is 35.8 Å². The maximum absolute atomic E-state index is 13.6. The molecular weight excluding hydrogens is 343 g/mol. The van der Waals surface area contributed by atoms with Crippen LogP contribution < -0.4 is 10.6 Å². The van der Waals surface area contributed by atoms with E-state index >= 15 is 0 Å². The molecule has 1 atom stereocenters. The van der Waals surface area contributed by atoms with E-state index < -0.39 is 5.82 Å². The number of anilines is 1. The Labute approximate surface area is 148 Å². The van der Waals surface area contributed by atoms with Gasteiger partial charge in [0.25, 0.3) is 5.91 Å². The van der Waals surface area contributed by atoms with Crippen LogP contribution in [0.15, 0.2) is 41.3 Å². The molecule has 0 radical (unpaired) electrons. The monoisotopic (exact) mass is 360 g/mol. The topological polar surface area (TPSA) is 78.4 Å². The summed E-state index contributed by atoms with van der Waals surface area (Å²) >= 11 is 1.45. The van der Waals surface area contributed by atoms with Crippen LogP contribution in [0.1, 0.15) is 28.4 Å². The van der Waals surface area contributed by atoms with Crippen molar-refractivity contribution in [3.8, 4) is 0 Å². The van der Waals surface area contributed by atoms with E-state index in [0.29, 0.717) is 16.8 Å². The van der Waals surface area contributed by atoms with Gasteiger partial charge in [-0.1, -0.05) is 12.1 Å². The van der Waals surface area contributed by atoms with Crippen LogP contribution in [0.25, 0.3) is 0 Å². The Morgan fingerprint density at radius 2 is 2.12 bits per heavy atom. The van der Waals surface area contributed by atoms with Gasteiger partial charge in [0, 0.05) is 22.6 Å². The van der Waals surface area contributed by atoms with Crippen LogP contribution in [-0.4, -0.2) is 22.2 Å². The first-order valence-electron chi connectivity index (χ1n) is 7.76. The molecule has 2 aromatic carbocycles. The average Bonchev–Trinajstić information content (AvgIpc) is 2.60. The van der Waals surface area contributed by atoms with Gasteiger partial charge in [0.1, 0.15) is 5.82 Å². The predicted octanol–water partition coefficient (Wildman–Crippen LogP) is 2.68. The van der Waals surface area contributed by atoms with Crippen molar-refractivity contribution < 1.29 is 19.1 Å². The van der Waals surface area contributed by atoms with E-state index in [1.165, 1.54) is 23.9 Å². The summed E-state index contributed by atoms with van der Waals surface area (Å²) < 4.78 is 13.6. The van der Waals surface area contributed by atoms with Crippen molar-refractivity contribution in [2.75, 3.05) is 5.32 Å². The number of amides is 2. The Morgan fingerprint density at radius 1 is 1.32 bits per heavy atom. The molecule has 1 heterocycles. The normalized spacial score (nSPS) is 16.1. The molecule has 130 valence electrons. The summed E-state index contributed by atoms with van der Waals surface area (Å²) in [4.78, 5) is 25.0. The SMILES string of the molecule is C[C@H]1Sc2ccc(C(=O)NCc3ccc(CO)c(F)c3)cc2NC1=O. The molecule has 0 aliphatic carbocycles. The van der Waals surface area contributed by atoms with Crippen LogP contribution in [0.4, 0.5) is 10.1 Å². The summed E-state index contributed by atoms with van der Waals surface area (Å²) in [5, 5.41) is 14.3. The first kappa shape index (κ1) is 17.4. The van der Waals surface area contributed by atoms with Gasteiger partial charge in [0.05, 0.1) is 17.5 Å². The van der Waals surface area contributed by atoms with Gasteiger partial charge < -0.3 is 15.7 Å². The van der Waals surface area contributed by atoms with Crippen LogP contribution in [0.2, 0.25) is 0 Å². The van der Waals surface area contributed by atoms with Crippen LogP contribution in [0.3, 0.4) is 0 Å². The molecule has 2 aromatic rings. The zero-order valence-electron chi connectivity index (χ0n) is 13.5. The molecule has 0 unspecified atom stereocenters. The van der Waals surface area contributed by atoms with Crippen LogP contribution in [0, 0.1) is 5.82 Å². The average molecular weight is 360 g/mol. The molecule has 5 nitrogen and oxygen atoms in total. The van der Waals surface area contributed by atoms with E-state index in [2.05, 4.69) is 10.6 Å². The van der Waals surface area contributed by atoms with Gasteiger partial charge in [0.15, 0.2) is 0 Å². The van der Waals surface area contributed by atoms with Gasteiger partial charge in [-0.15, -0.1) is 11.8 Å². The molecule has 3 N–H and O–H groups in total. The summed E-state index contributed by atoms with van der Waals surface area (Å²) in [5.41, 5.74) is 1.85. The van der Waals surface area contributed by atoms with Crippen molar-refractivity contribution in [3.63, 3.8) is 0 Å². The first-order valence-corrected chi connectivity index (χ1v) is 8.64. The molecule has 7 heteroatoms. The summed E-state index contributed by atoms with van der Waals surface area (Å²) in [6.07, 6.45) is 0. The molecule has 2 amide bonds. The number of hydrogen-bond donors (Lipinski definition) is 3. The highest BCUT2D eigenvalue weighted by Crippen LogP contribution is 2.35. The summed E-state index contributed by atoms with van der Waals surface area (Å²) in [5.74, 6) is -0.904. The van der Waals surface area contributed by atoms with Crippen molar-refractivity contribution in [1.29, 1.82) is 0 Å². The Bertz CT molecular complexity index is 841. The van der Waals surface area contributed by atoms with Gasteiger partial charge in [-0.2, -0.15) is 0 Å². The lowest BCUT2D eigenvalue weighted by Gasteiger charge is -2.21. The minimum atomic E-state index is -0.503. The predicted molar refractivity (Wildman–Crippen MR) is 93.9 cm³/mol. The summed E-state index contributed by atoms with van der Waals surface area (Å²) in [7, 11) is 0. The minimum Gasteiger partial charge on any atom is -0.392 e. The fraction of sp³-hybridized carbons (Fsp3) is 0.222. The van der Waals surface area contributed by atoms with Crippen LogP contribution in [0.5, 0.6) is 0 Å². The number of aliphatic hydroxyl groups excluding tert-OH is 1. The van der Waals surface area contributed by atoms with Gasteiger partial charge in [-0.05, 0) is 36.8 Å². The minimum absolute atomic E-state index is 0.0884. The lowest BCUT2D eigenvalue weighted by Crippen LogP contribution is -2.27. The Balaban J connectivity index is 1.69. The summed E-state index contributed by atoms with van der Waals surface area (Å²) in [6, 6.07) is 9.57. The number of thioether (sulfide) groups is 1. The fourth-order valence-electron chi connectivity index (χ4n) is 2.46. The van der Waals surface area contributed by atoms with Crippen LogP contribution in [-0.2, 0) is 17.9 Å². The molecule has 0 saturated heterocycles. The Morgan fingerprint density at radius 3 is 2.84 bits per heavy atom. The van der Waals surface area contributed by atoms with E-state index in [9.17, 15) is 14.0 Å². The maximum atomic E-state index is 13.6. The molecule has 0 fully saturated rings. The molecule has 0 saturated carbocycles. The van der Waals surface area contributed by atoms with Crippen LogP contribution >= 0.6 is 11.8 Å². The van der Waals surface area contributed by atoms with Gasteiger partial charge in [-0.25, -0.2) is 4.39 Å². The molecule has 0 spiro atoms. The molecule has 0 aromatic heterocycles. The largest absolute Gasteiger partial charge is 0.392 e. The number of nitrogens with one attached hydrogen (secondary N) is 2. The first-order chi connectivity index (χ1) is 12.0. The second-order valence-corrected chi connectivity index (χ2v) is 7.11. The molecule has 25 heavy (non-hydrogen) atoms. The number of rotatable bonds is 4. The molecule has 3 rings (SSSR count). The second kappa shape index (κ2) is 7.25. The fourth-order valence-corrected chi connectivity index (χ4v) is 3.39. The van der Waals surface area contributed by atoms with Crippen molar-refractivity contribution in [2.45, 2.75) is 30.2 Å². The van der Waals surface area contributed by atoms with Crippen molar-refractivity contribution in [1.82, 2.24) is 5.32 Å². The van der Waals surface area contributed by atoms with Gasteiger partial charge in [-0.3, -0.25) is 9.59 Å². The van der Waals surface area contributed by atoms with E-state index in [1.807, 2.05) is 6.92 Å². The van der Waals surface area contributed by atoms with E-state index in [0.717, 1.165) is 4.90 Å². The van der Waals surface area contributed by atoms with Gasteiger partial charge in [0.2, 0.25) is 5.91 Å². The quantitative estimate of drug-likeness (QED) is 0.783. The number of carbonyl (C=O) groups is 2. The molecule has 1 aliphatic heterocycles. The zero-order valence-corrected chi connectivity index (χ0v) is 14.3. The number of benzene rings is 2. The highest BCUT2D eigenvalue weighted by Gasteiger charge is 2.23. The Hall–Kier alpha value is -2.38. The molecule has 0 bridgehead atoms. The third-order valence-corrected chi connectivity index (χ3v) is 5.09. The van der Waals surface area contributed by atoms with Crippen molar-refractivity contribution >= 4 is 29.3 Å². The standard InChI is InChI=1S/C18H17FN2O3S/c1-10-17(23)21-15-7-12(4-5-16(15)25-10)18(24)20-8-11-2-3-13(9-22)14(19)6-11/h2-7,10,22H,8-9H2,1H3,(H,20,24)(H,21,23)/t10-/m1/s1. The third kappa shape index (κ3) is 3.83. The summed E-state index contributed by atoms with van der Waals surface area (Å²) in [6.45, 7) is 1.62.